The Kier molecular flexibility index (Phi) is 13.8. The van der Waals surface area contributed by atoms with E-state index < -0.39 is 17.7 Å². The van der Waals surface area contributed by atoms with E-state index >= 15 is 0 Å². The van der Waals surface area contributed by atoms with Crippen LogP contribution in [0.1, 0.15) is 48.2 Å². The first-order valence-corrected chi connectivity index (χ1v) is 15.7. The van der Waals surface area contributed by atoms with Gasteiger partial charge in [0, 0.05) is 82.9 Å². The van der Waals surface area contributed by atoms with Crippen molar-refractivity contribution in [2.75, 3.05) is 47.0 Å². The van der Waals surface area contributed by atoms with Gasteiger partial charge in [-0.1, -0.05) is 18.2 Å². The molecule has 1 aromatic carbocycles. The van der Waals surface area contributed by atoms with Gasteiger partial charge >= 0.3 is 0 Å². The zero-order valence-electron chi connectivity index (χ0n) is 26.9. The number of nitrogens with two attached hydrogens (primary N) is 1. The number of nitrogens with zero attached hydrogens (tertiary/aromatic N) is 7. The Bertz CT molecular complexity index is 1800. The van der Waals surface area contributed by atoms with E-state index in [0.717, 1.165) is 0 Å². The van der Waals surface area contributed by atoms with Gasteiger partial charge in [-0.15, -0.1) is 35.6 Å². The van der Waals surface area contributed by atoms with Gasteiger partial charge in [0.25, 0.3) is 23.6 Å². The number of benzene rings is 1. The van der Waals surface area contributed by atoms with Gasteiger partial charge in [0.2, 0.25) is 0 Å². The lowest BCUT2D eigenvalue weighted by Gasteiger charge is -2.33. The van der Waals surface area contributed by atoms with E-state index in [4.69, 9.17) is 34.3 Å². The number of hydrazine groups is 1. The lowest BCUT2D eigenvalue weighted by atomic mass is 10.2. The van der Waals surface area contributed by atoms with E-state index in [-0.39, 0.29) is 77.6 Å². The Hall–Kier alpha value is -4.90. The number of alkyl halides is 2. The van der Waals surface area contributed by atoms with E-state index in [0.29, 0.717) is 24.3 Å². The predicted molar refractivity (Wildman–Crippen MR) is 190 cm³/mol. The van der Waals surface area contributed by atoms with Gasteiger partial charge in [-0.05, 0) is 18.2 Å². The quantitative estimate of drug-likeness (QED) is 0.0531. The maximum absolute atomic E-state index is 13.7. The van der Waals surface area contributed by atoms with E-state index in [1.165, 1.54) is 33.6 Å². The summed E-state index contributed by atoms with van der Waals surface area (Å²) in [4.78, 5) is 52.6. The highest BCUT2D eigenvalue weighted by Crippen LogP contribution is 2.24. The third-order valence-electron chi connectivity index (χ3n) is 7.04. The summed E-state index contributed by atoms with van der Waals surface area (Å²) in [6.07, 6.45) is 1.85. The van der Waals surface area contributed by atoms with E-state index in [2.05, 4.69) is 26.1 Å². The lowest BCUT2D eigenvalue weighted by molar-refractivity contribution is 0.0901. The number of amidine groups is 1. The molecule has 0 spiro atoms. The van der Waals surface area contributed by atoms with Gasteiger partial charge in [-0.3, -0.25) is 34.0 Å². The van der Waals surface area contributed by atoms with Crippen molar-refractivity contribution in [2.24, 2.45) is 26.9 Å². The number of hydrogen-bond donors (Lipinski definition) is 5. The van der Waals surface area contributed by atoms with Crippen LogP contribution >= 0.6 is 35.6 Å². The van der Waals surface area contributed by atoms with Crippen LogP contribution < -0.4 is 26.7 Å². The molecule has 49 heavy (non-hydrogen) atoms. The summed E-state index contributed by atoms with van der Waals surface area (Å²) in [5.74, 6) is -1.23. The maximum atomic E-state index is 13.7. The van der Waals surface area contributed by atoms with Gasteiger partial charge in [0.1, 0.15) is 17.1 Å². The molecule has 0 atom stereocenters. The van der Waals surface area contributed by atoms with Crippen LogP contribution in [0.2, 0.25) is 0 Å². The zero-order valence-corrected chi connectivity index (χ0v) is 29.3. The number of halogens is 3. The average molecular weight is 736 g/mol. The molecule has 0 saturated heterocycles. The number of carbonyl (C=O) groups is 4. The fraction of sp³-hybridized carbons (Fsp3) is 0.300. The molecule has 0 fully saturated rings. The van der Waals surface area contributed by atoms with Crippen molar-refractivity contribution in [2.45, 2.75) is 6.42 Å². The highest BCUT2D eigenvalue weighted by atomic mass is 35.5. The number of aromatic nitrogens is 5. The minimum Gasteiger partial charge on any atom is -0.388 e. The van der Waals surface area contributed by atoms with Gasteiger partial charge in [0.15, 0.2) is 11.6 Å². The number of carbonyl (C=O) groups excluding carboxylic acids is 4. The average Bonchev–Trinajstić information content (AvgIpc) is 3.73. The number of rotatable bonds is 15. The van der Waals surface area contributed by atoms with Crippen LogP contribution in [0.5, 0.6) is 0 Å². The molecular formula is C30H37Cl3N12O4. The number of aryl methyl sites for hydroxylation is 3. The molecule has 0 radical (unpaired) electrons. The third kappa shape index (κ3) is 9.60. The molecule has 4 rings (SSSR count). The summed E-state index contributed by atoms with van der Waals surface area (Å²) in [5, 5.41) is 26.8. The first-order chi connectivity index (χ1) is 22.9. The van der Waals surface area contributed by atoms with Crippen LogP contribution in [-0.2, 0) is 21.1 Å². The Morgan fingerprint density at radius 3 is 1.90 bits per heavy atom. The highest BCUT2D eigenvalue weighted by molar-refractivity contribution is 6.18. The number of nitrogens with one attached hydrogen (secondary N) is 4. The van der Waals surface area contributed by atoms with E-state index in [1.807, 2.05) is 6.07 Å². The van der Waals surface area contributed by atoms with Gasteiger partial charge in [-0.25, -0.2) is 10.0 Å². The topological polar surface area (TPSA) is 201 Å². The molecule has 4 amide bonds. The molecular weight excluding hydrogens is 699 g/mol. The normalized spacial score (nSPS) is 10.7. The Balaban J connectivity index is 0.00000650. The van der Waals surface area contributed by atoms with Crippen LogP contribution in [-0.4, -0.2) is 90.0 Å². The van der Waals surface area contributed by atoms with Crippen molar-refractivity contribution in [3.8, 4) is 0 Å². The van der Waals surface area contributed by atoms with Crippen LogP contribution in [0.15, 0.2) is 54.7 Å². The minimum absolute atomic E-state index is 0. The SMILES string of the molecule is Cl.Cn1cc(N(C(=O)c2ccccc2)N(CCCl)CCCl)cc1C(=O)Nc1cc(C(=O)Nc2cc(C(=O)NCCC(=N)N)n(C)n2)n(C)n1. The second-order valence-corrected chi connectivity index (χ2v) is 11.3. The summed E-state index contributed by atoms with van der Waals surface area (Å²) in [7, 11) is 4.75. The van der Waals surface area contributed by atoms with Crippen molar-refractivity contribution in [3.05, 3.63) is 77.4 Å². The molecule has 6 N–H and O–H groups in total. The highest BCUT2D eigenvalue weighted by Gasteiger charge is 2.27. The molecule has 0 unspecified atom stereocenters. The standard InChI is InChI=1S/C30H36Cl2N12O4.ClH/c1-40-18-20(44(43(13-10-31)14-11-32)30(48)19-7-5-4-6-8-19)15-21(40)28(46)36-26-17-23(42(3)39-26)29(47)37-25-16-22(41(2)38-25)27(45)35-12-9-24(33)34;/h4-8,15-18H,9-14H2,1-3H3,(H3,33,34)(H,35,45)(H,36,39,46)(H,37,38,47);1H. The molecule has 0 aliphatic heterocycles. The minimum atomic E-state index is -0.581. The summed E-state index contributed by atoms with van der Waals surface area (Å²) >= 11 is 12.1. The molecule has 19 heteroatoms. The van der Waals surface area contributed by atoms with Crippen molar-refractivity contribution in [1.29, 1.82) is 5.41 Å². The van der Waals surface area contributed by atoms with Crippen molar-refractivity contribution < 1.29 is 19.2 Å². The van der Waals surface area contributed by atoms with E-state index in [9.17, 15) is 19.2 Å². The zero-order chi connectivity index (χ0) is 35.0. The fourth-order valence-electron chi connectivity index (χ4n) is 4.75. The Morgan fingerprint density at radius 1 is 0.837 bits per heavy atom. The van der Waals surface area contributed by atoms with Gasteiger partial charge in [0.05, 0.1) is 11.5 Å². The van der Waals surface area contributed by atoms with Crippen LogP contribution in [0.3, 0.4) is 0 Å². The molecule has 3 aromatic heterocycles. The monoisotopic (exact) mass is 734 g/mol. The largest absolute Gasteiger partial charge is 0.388 e. The molecule has 0 bridgehead atoms. The molecule has 4 aromatic rings. The summed E-state index contributed by atoms with van der Waals surface area (Å²) < 4.78 is 4.16. The molecule has 3 heterocycles. The molecule has 0 saturated carbocycles. The van der Waals surface area contributed by atoms with Gasteiger partial charge in [-0.2, -0.15) is 10.2 Å². The summed E-state index contributed by atoms with van der Waals surface area (Å²) in [6.45, 7) is 0.839. The Labute approximate surface area is 298 Å². The lowest BCUT2D eigenvalue weighted by Crippen LogP contribution is -2.48. The van der Waals surface area contributed by atoms with Crippen molar-refractivity contribution in [1.82, 2.24) is 34.5 Å². The maximum Gasteiger partial charge on any atom is 0.275 e. The van der Waals surface area contributed by atoms with Crippen LogP contribution in [0.4, 0.5) is 17.3 Å². The van der Waals surface area contributed by atoms with Crippen molar-refractivity contribution >= 4 is 82.4 Å². The predicted octanol–water partition coefficient (Wildman–Crippen LogP) is 2.82. The molecule has 0 aliphatic carbocycles. The Morgan fingerprint density at radius 2 is 1.37 bits per heavy atom. The second-order valence-electron chi connectivity index (χ2n) is 10.5. The number of anilines is 3. The third-order valence-corrected chi connectivity index (χ3v) is 7.37. The fourth-order valence-corrected chi connectivity index (χ4v) is 5.14. The smallest absolute Gasteiger partial charge is 0.275 e. The molecule has 262 valence electrons. The number of amides is 4. The number of hydrogen-bond acceptors (Lipinski definition) is 8. The molecule has 16 nitrogen and oxygen atoms in total. The molecule has 0 aliphatic rings. The van der Waals surface area contributed by atoms with Crippen LogP contribution in [0, 0.1) is 5.41 Å². The second kappa shape index (κ2) is 17.5. The first kappa shape index (κ1) is 38.5. The summed E-state index contributed by atoms with van der Waals surface area (Å²) in [6, 6.07) is 13.1. The first-order valence-electron chi connectivity index (χ1n) is 14.7. The van der Waals surface area contributed by atoms with Gasteiger partial charge < -0.3 is 26.3 Å². The van der Waals surface area contributed by atoms with Crippen LogP contribution in [0.25, 0.3) is 0 Å². The van der Waals surface area contributed by atoms with Crippen molar-refractivity contribution in [3.63, 3.8) is 0 Å². The van der Waals surface area contributed by atoms with E-state index in [1.54, 1.807) is 60.2 Å². The summed E-state index contributed by atoms with van der Waals surface area (Å²) in [5.41, 5.74) is 6.69.